The van der Waals surface area contributed by atoms with Gasteiger partial charge in [0.25, 0.3) is 5.91 Å². The lowest BCUT2D eigenvalue weighted by Gasteiger charge is -2.32. The fraction of sp³-hybridized carbons (Fsp3) is 0.316. The highest BCUT2D eigenvalue weighted by atomic mass is 35.5. The van der Waals surface area contributed by atoms with Gasteiger partial charge in [-0.3, -0.25) is 4.79 Å². The lowest BCUT2D eigenvalue weighted by atomic mass is 9.97. The molecule has 0 bridgehead atoms. The maximum absolute atomic E-state index is 12.9. The Bertz CT molecular complexity index is 997. The summed E-state index contributed by atoms with van der Waals surface area (Å²) in [6, 6.07) is 6.55. The molecule has 1 amide bonds. The summed E-state index contributed by atoms with van der Waals surface area (Å²) in [6.07, 6.45) is 7.40. The number of fused-ring (bicyclic) bond motifs is 1. The maximum atomic E-state index is 12.9. The summed E-state index contributed by atoms with van der Waals surface area (Å²) in [5.41, 5.74) is -0.128. The first-order valence-electron chi connectivity index (χ1n) is 8.58. The van der Waals surface area contributed by atoms with Crippen LogP contribution in [0.4, 0.5) is 0 Å². The van der Waals surface area contributed by atoms with E-state index >= 15 is 0 Å². The van der Waals surface area contributed by atoms with Crippen LogP contribution in [0.5, 0.6) is 0 Å². The molecule has 1 aromatic carbocycles. The van der Waals surface area contributed by atoms with Crippen LogP contribution in [0, 0.1) is 5.92 Å². The summed E-state index contributed by atoms with van der Waals surface area (Å²) in [6.45, 7) is 2.07. The molecule has 3 aromatic rings. The molecular formula is C19H18ClN3O3. The van der Waals surface area contributed by atoms with Crippen molar-refractivity contribution in [1.82, 2.24) is 14.5 Å². The molecule has 7 heteroatoms. The second-order valence-corrected chi connectivity index (χ2v) is 7.09. The number of piperidine rings is 1. The van der Waals surface area contributed by atoms with Crippen molar-refractivity contribution in [2.45, 2.75) is 19.4 Å². The second-order valence-electron chi connectivity index (χ2n) is 6.65. The lowest BCUT2D eigenvalue weighted by molar-refractivity contribution is 0.0658. The molecule has 1 aliphatic heterocycles. The third kappa shape index (κ3) is 3.37. The Morgan fingerprint density at radius 2 is 2.23 bits per heavy atom. The third-order valence-electron chi connectivity index (χ3n) is 4.76. The topological polar surface area (TPSA) is 68.3 Å². The highest BCUT2D eigenvalue weighted by Gasteiger charge is 2.27. The van der Waals surface area contributed by atoms with Gasteiger partial charge in [-0.2, -0.15) is 0 Å². The van der Waals surface area contributed by atoms with E-state index in [0.717, 1.165) is 19.4 Å². The molecule has 3 heterocycles. The van der Waals surface area contributed by atoms with Gasteiger partial charge in [0.2, 0.25) is 0 Å². The molecule has 0 saturated carbocycles. The molecule has 0 radical (unpaired) electrons. The number of carbonyl (C=O) groups is 1. The van der Waals surface area contributed by atoms with Gasteiger partial charge >= 0.3 is 5.63 Å². The monoisotopic (exact) mass is 371 g/mol. The summed E-state index contributed by atoms with van der Waals surface area (Å²) < 4.78 is 7.32. The van der Waals surface area contributed by atoms with Crippen molar-refractivity contribution in [2.75, 3.05) is 13.1 Å². The third-order valence-corrected chi connectivity index (χ3v) is 4.99. The van der Waals surface area contributed by atoms with Crippen molar-refractivity contribution in [3.63, 3.8) is 0 Å². The Labute approximate surface area is 155 Å². The van der Waals surface area contributed by atoms with Crippen LogP contribution >= 0.6 is 11.6 Å². The predicted molar refractivity (Wildman–Crippen MR) is 98.3 cm³/mol. The second kappa shape index (κ2) is 6.96. The standard InChI is InChI=1S/C19H18ClN3O3/c20-15-3-4-17-14(8-15)9-16(19(25)26-17)18(24)23-6-1-2-13(11-23)10-22-7-5-21-12-22/h3-5,7-9,12-13H,1-2,6,10-11H2. The van der Waals surface area contributed by atoms with Gasteiger partial charge in [-0.25, -0.2) is 9.78 Å². The molecule has 1 saturated heterocycles. The van der Waals surface area contributed by atoms with Gasteiger partial charge < -0.3 is 13.9 Å². The summed E-state index contributed by atoms with van der Waals surface area (Å²) in [7, 11) is 0. The zero-order chi connectivity index (χ0) is 18.1. The number of hydrogen-bond donors (Lipinski definition) is 0. The number of rotatable bonds is 3. The number of likely N-dealkylation sites (tertiary alicyclic amines) is 1. The molecule has 1 unspecified atom stereocenters. The molecule has 0 aliphatic carbocycles. The number of hydrogen-bond acceptors (Lipinski definition) is 4. The average molecular weight is 372 g/mol. The van der Waals surface area contributed by atoms with E-state index in [1.165, 1.54) is 0 Å². The summed E-state index contributed by atoms with van der Waals surface area (Å²) in [5, 5.41) is 1.18. The van der Waals surface area contributed by atoms with Crippen molar-refractivity contribution in [3.8, 4) is 0 Å². The van der Waals surface area contributed by atoms with E-state index < -0.39 is 5.63 Å². The molecule has 1 fully saturated rings. The SMILES string of the molecule is O=C(c1cc2cc(Cl)ccc2oc1=O)N1CCCC(Cn2ccnc2)C1. The lowest BCUT2D eigenvalue weighted by Crippen LogP contribution is -2.42. The molecule has 4 rings (SSSR count). The minimum absolute atomic E-state index is 0.0584. The normalized spacial score (nSPS) is 17.6. The van der Waals surface area contributed by atoms with Crippen molar-refractivity contribution < 1.29 is 9.21 Å². The molecule has 26 heavy (non-hydrogen) atoms. The Morgan fingerprint density at radius 3 is 3.04 bits per heavy atom. The largest absolute Gasteiger partial charge is 0.422 e. The van der Waals surface area contributed by atoms with Gasteiger partial charge in [0.05, 0.1) is 6.33 Å². The Kier molecular flexibility index (Phi) is 4.51. The molecule has 0 N–H and O–H groups in total. The number of halogens is 1. The van der Waals surface area contributed by atoms with Gasteiger partial charge in [-0.05, 0) is 43.0 Å². The zero-order valence-electron chi connectivity index (χ0n) is 14.1. The molecular weight excluding hydrogens is 354 g/mol. The minimum atomic E-state index is -0.610. The summed E-state index contributed by atoms with van der Waals surface area (Å²) in [5.74, 6) is 0.0554. The van der Waals surface area contributed by atoms with Crippen molar-refractivity contribution in [1.29, 1.82) is 0 Å². The Hall–Kier alpha value is -2.60. The number of benzene rings is 1. The Morgan fingerprint density at radius 1 is 1.35 bits per heavy atom. The van der Waals surface area contributed by atoms with E-state index in [4.69, 9.17) is 16.0 Å². The van der Waals surface area contributed by atoms with E-state index in [1.54, 1.807) is 41.7 Å². The van der Waals surface area contributed by atoms with Crippen LogP contribution < -0.4 is 5.63 Å². The Balaban J connectivity index is 1.57. The predicted octanol–water partition coefficient (Wildman–Crippen LogP) is 3.20. The van der Waals surface area contributed by atoms with Crippen molar-refractivity contribution in [2.24, 2.45) is 5.92 Å². The number of imidazole rings is 1. The van der Waals surface area contributed by atoms with Crippen LogP contribution in [-0.4, -0.2) is 33.4 Å². The smallest absolute Gasteiger partial charge is 0.349 e. The molecule has 1 atom stereocenters. The van der Waals surface area contributed by atoms with Crippen LogP contribution in [0.3, 0.4) is 0 Å². The van der Waals surface area contributed by atoms with Gasteiger partial charge in [0.15, 0.2) is 0 Å². The minimum Gasteiger partial charge on any atom is -0.422 e. The maximum Gasteiger partial charge on any atom is 0.349 e. The van der Waals surface area contributed by atoms with Crippen LogP contribution in [0.15, 0.2) is 52.2 Å². The van der Waals surface area contributed by atoms with Gasteiger partial charge in [-0.1, -0.05) is 11.6 Å². The molecule has 2 aromatic heterocycles. The fourth-order valence-electron chi connectivity index (χ4n) is 3.51. The van der Waals surface area contributed by atoms with E-state index in [-0.39, 0.29) is 11.5 Å². The quantitative estimate of drug-likeness (QED) is 0.663. The molecule has 0 spiro atoms. The number of aromatic nitrogens is 2. The first kappa shape index (κ1) is 16.8. The summed E-state index contributed by atoms with van der Waals surface area (Å²) in [4.78, 5) is 31.0. The van der Waals surface area contributed by atoms with Gasteiger partial charge in [0.1, 0.15) is 11.1 Å². The van der Waals surface area contributed by atoms with Gasteiger partial charge in [-0.15, -0.1) is 0 Å². The molecule has 134 valence electrons. The first-order chi connectivity index (χ1) is 12.6. The van der Waals surface area contributed by atoms with Crippen LogP contribution in [0.1, 0.15) is 23.2 Å². The van der Waals surface area contributed by atoms with Gasteiger partial charge in [0, 0.05) is 42.4 Å². The van der Waals surface area contributed by atoms with E-state index in [9.17, 15) is 9.59 Å². The highest BCUT2D eigenvalue weighted by Crippen LogP contribution is 2.22. The van der Waals surface area contributed by atoms with E-state index in [1.807, 2.05) is 10.8 Å². The van der Waals surface area contributed by atoms with Crippen molar-refractivity contribution in [3.05, 3.63) is 64.0 Å². The number of nitrogens with zero attached hydrogens (tertiary/aromatic N) is 3. The van der Waals surface area contributed by atoms with Crippen LogP contribution in [-0.2, 0) is 6.54 Å². The van der Waals surface area contributed by atoms with Crippen LogP contribution in [0.25, 0.3) is 11.0 Å². The summed E-state index contributed by atoms with van der Waals surface area (Å²) >= 11 is 6.00. The number of amides is 1. The molecule has 6 nitrogen and oxygen atoms in total. The van der Waals surface area contributed by atoms with Crippen molar-refractivity contribution >= 4 is 28.5 Å². The van der Waals surface area contributed by atoms with E-state index in [0.29, 0.717) is 35.0 Å². The van der Waals surface area contributed by atoms with E-state index in [2.05, 4.69) is 4.98 Å². The number of carbonyl (C=O) groups excluding carboxylic acids is 1. The van der Waals surface area contributed by atoms with Crippen LogP contribution in [0.2, 0.25) is 5.02 Å². The fourth-order valence-corrected chi connectivity index (χ4v) is 3.69. The molecule has 1 aliphatic rings. The highest BCUT2D eigenvalue weighted by molar-refractivity contribution is 6.31. The first-order valence-corrected chi connectivity index (χ1v) is 8.96. The zero-order valence-corrected chi connectivity index (χ0v) is 14.9. The average Bonchev–Trinajstić information content (AvgIpc) is 3.14.